The molecular weight excluding hydrogens is 302 g/mol. The summed E-state index contributed by atoms with van der Waals surface area (Å²) >= 11 is 12.0. The summed E-state index contributed by atoms with van der Waals surface area (Å²) in [6.45, 7) is 0. The first-order chi connectivity index (χ1) is 9.56. The molecule has 3 rings (SSSR count). The zero-order valence-corrected chi connectivity index (χ0v) is 11.6. The molecule has 102 valence electrons. The third kappa shape index (κ3) is 2.21. The van der Waals surface area contributed by atoms with Crippen LogP contribution >= 0.6 is 23.2 Å². The fourth-order valence-corrected chi connectivity index (χ4v) is 2.50. The Morgan fingerprint density at radius 2 is 2.00 bits per heavy atom. The molecule has 1 atom stereocenters. The van der Waals surface area contributed by atoms with Crippen LogP contribution < -0.4 is 10.6 Å². The minimum atomic E-state index is -0.624. The molecule has 2 N–H and O–H groups in total. The van der Waals surface area contributed by atoms with E-state index in [4.69, 9.17) is 23.2 Å². The number of benzene rings is 2. The Kier molecular flexibility index (Phi) is 3.28. The van der Waals surface area contributed by atoms with E-state index in [1.807, 2.05) is 0 Å². The molecule has 0 fully saturated rings. The summed E-state index contributed by atoms with van der Waals surface area (Å²) in [5.74, 6) is -0.660. The number of amides is 1. The Balaban J connectivity index is 1.96. The van der Waals surface area contributed by atoms with E-state index in [1.165, 1.54) is 12.1 Å². The lowest BCUT2D eigenvalue weighted by Crippen LogP contribution is -2.19. The van der Waals surface area contributed by atoms with Crippen LogP contribution in [-0.2, 0) is 4.79 Å². The van der Waals surface area contributed by atoms with Crippen molar-refractivity contribution >= 4 is 40.5 Å². The van der Waals surface area contributed by atoms with E-state index in [9.17, 15) is 9.18 Å². The van der Waals surface area contributed by atoms with Gasteiger partial charge in [0.15, 0.2) is 0 Å². The number of rotatable bonds is 2. The van der Waals surface area contributed by atoms with Crippen molar-refractivity contribution in [2.24, 2.45) is 0 Å². The van der Waals surface area contributed by atoms with Crippen LogP contribution in [0.15, 0.2) is 36.4 Å². The Bertz CT molecular complexity index is 706. The maximum Gasteiger partial charge on any atom is 0.251 e. The zero-order valence-electron chi connectivity index (χ0n) is 10.1. The van der Waals surface area contributed by atoms with Crippen LogP contribution in [0.2, 0.25) is 10.0 Å². The van der Waals surface area contributed by atoms with Gasteiger partial charge in [0, 0.05) is 11.3 Å². The standard InChI is InChI=1S/C14H9Cl2FN2O/c15-9-2-1-3-10(12(9)16)18-13-8-5-4-7(17)6-11(8)19-14(13)20/h1-6,13,18H,(H,19,20). The van der Waals surface area contributed by atoms with Crippen molar-refractivity contribution < 1.29 is 9.18 Å². The minimum absolute atomic E-state index is 0.262. The number of carbonyl (C=O) groups is 1. The highest BCUT2D eigenvalue weighted by molar-refractivity contribution is 6.43. The molecule has 0 bridgehead atoms. The first kappa shape index (κ1) is 13.2. The number of nitrogens with one attached hydrogen (secondary N) is 2. The summed E-state index contributed by atoms with van der Waals surface area (Å²) in [6, 6.07) is 8.66. The monoisotopic (exact) mass is 310 g/mol. The van der Waals surface area contributed by atoms with E-state index in [1.54, 1.807) is 24.3 Å². The van der Waals surface area contributed by atoms with Gasteiger partial charge >= 0.3 is 0 Å². The van der Waals surface area contributed by atoms with E-state index in [2.05, 4.69) is 10.6 Å². The Morgan fingerprint density at radius 3 is 2.80 bits per heavy atom. The average molecular weight is 311 g/mol. The normalized spacial score (nSPS) is 16.8. The van der Waals surface area contributed by atoms with Crippen molar-refractivity contribution in [3.05, 3.63) is 57.8 Å². The first-order valence-electron chi connectivity index (χ1n) is 5.87. The number of hydrogen-bond acceptors (Lipinski definition) is 2. The molecule has 2 aromatic carbocycles. The van der Waals surface area contributed by atoms with Gasteiger partial charge in [0.05, 0.1) is 15.7 Å². The molecule has 2 aromatic rings. The molecule has 0 aliphatic carbocycles. The maximum absolute atomic E-state index is 13.1. The van der Waals surface area contributed by atoms with E-state index >= 15 is 0 Å². The third-order valence-corrected chi connectivity index (χ3v) is 3.92. The van der Waals surface area contributed by atoms with Gasteiger partial charge in [0.1, 0.15) is 11.9 Å². The second-order valence-corrected chi connectivity index (χ2v) is 5.18. The number of hydrogen-bond donors (Lipinski definition) is 2. The maximum atomic E-state index is 13.1. The fourth-order valence-electron chi connectivity index (χ4n) is 2.15. The van der Waals surface area contributed by atoms with Crippen molar-refractivity contribution in [1.82, 2.24) is 0 Å². The molecule has 20 heavy (non-hydrogen) atoms. The largest absolute Gasteiger partial charge is 0.369 e. The van der Waals surface area contributed by atoms with Crippen molar-refractivity contribution in [2.45, 2.75) is 6.04 Å². The highest BCUT2D eigenvalue weighted by atomic mass is 35.5. The molecule has 3 nitrogen and oxygen atoms in total. The van der Waals surface area contributed by atoms with Crippen molar-refractivity contribution in [3.63, 3.8) is 0 Å². The van der Waals surface area contributed by atoms with Crippen LogP contribution in [0.5, 0.6) is 0 Å². The molecular formula is C14H9Cl2FN2O. The number of anilines is 2. The van der Waals surface area contributed by atoms with Crippen LogP contribution in [0, 0.1) is 5.82 Å². The van der Waals surface area contributed by atoms with Crippen LogP contribution in [0.4, 0.5) is 15.8 Å². The van der Waals surface area contributed by atoms with Gasteiger partial charge in [-0.2, -0.15) is 0 Å². The molecule has 6 heteroatoms. The minimum Gasteiger partial charge on any atom is -0.369 e. The summed E-state index contributed by atoms with van der Waals surface area (Å²) in [7, 11) is 0. The van der Waals surface area contributed by atoms with Crippen molar-refractivity contribution in [2.75, 3.05) is 10.6 Å². The van der Waals surface area contributed by atoms with Crippen molar-refractivity contribution in [3.8, 4) is 0 Å². The van der Waals surface area contributed by atoms with Crippen molar-refractivity contribution in [1.29, 1.82) is 0 Å². The van der Waals surface area contributed by atoms with Gasteiger partial charge in [-0.1, -0.05) is 35.3 Å². The Hall–Kier alpha value is -1.78. The van der Waals surface area contributed by atoms with E-state index in [0.717, 1.165) is 0 Å². The third-order valence-electron chi connectivity index (χ3n) is 3.10. The van der Waals surface area contributed by atoms with E-state index < -0.39 is 11.9 Å². The van der Waals surface area contributed by atoms with Gasteiger partial charge in [0.2, 0.25) is 0 Å². The van der Waals surface area contributed by atoms with Crippen LogP contribution in [0.25, 0.3) is 0 Å². The Labute approximate surface area is 124 Å². The summed E-state index contributed by atoms with van der Waals surface area (Å²) in [5, 5.41) is 6.39. The molecule has 0 saturated heterocycles. The number of fused-ring (bicyclic) bond motifs is 1. The molecule has 1 unspecified atom stereocenters. The predicted molar refractivity (Wildman–Crippen MR) is 77.9 cm³/mol. The second kappa shape index (κ2) is 4.96. The number of halogens is 3. The quantitative estimate of drug-likeness (QED) is 0.871. The molecule has 1 aliphatic heterocycles. The molecule has 0 saturated carbocycles. The van der Waals surface area contributed by atoms with Gasteiger partial charge in [-0.15, -0.1) is 0 Å². The highest BCUT2D eigenvalue weighted by Crippen LogP contribution is 2.37. The molecule has 0 spiro atoms. The van der Waals surface area contributed by atoms with E-state index in [-0.39, 0.29) is 5.91 Å². The summed E-state index contributed by atoms with van der Waals surface area (Å²) in [4.78, 5) is 12.0. The summed E-state index contributed by atoms with van der Waals surface area (Å²) in [6.07, 6.45) is 0. The van der Waals surface area contributed by atoms with Crippen LogP contribution in [0.1, 0.15) is 11.6 Å². The van der Waals surface area contributed by atoms with Gasteiger partial charge in [0.25, 0.3) is 5.91 Å². The Morgan fingerprint density at radius 1 is 1.20 bits per heavy atom. The molecule has 1 heterocycles. The van der Waals surface area contributed by atoms with Gasteiger partial charge in [-0.3, -0.25) is 4.79 Å². The lowest BCUT2D eigenvalue weighted by atomic mass is 10.1. The summed E-state index contributed by atoms with van der Waals surface area (Å²) < 4.78 is 13.1. The first-order valence-corrected chi connectivity index (χ1v) is 6.63. The van der Waals surface area contributed by atoms with Gasteiger partial charge in [-0.25, -0.2) is 4.39 Å². The molecule has 1 amide bonds. The highest BCUT2D eigenvalue weighted by Gasteiger charge is 2.31. The molecule has 0 radical (unpaired) electrons. The molecule has 1 aliphatic rings. The number of carbonyl (C=O) groups excluding carboxylic acids is 1. The van der Waals surface area contributed by atoms with Crippen LogP contribution in [0.3, 0.4) is 0 Å². The van der Waals surface area contributed by atoms with Gasteiger partial charge < -0.3 is 10.6 Å². The second-order valence-electron chi connectivity index (χ2n) is 4.40. The molecule has 0 aromatic heterocycles. The average Bonchev–Trinajstić information content (AvgIpc) is 2.70. The lowest BCUT2D eigenvalue weighted by Gasteiger charge is -2.14. The zero-order chi connectivity index (χ0) is 14.3. The van der Waals surface area contributed by atoms with Crippen LogP contribution in [-0.4, -0.2) is 5.91 Å². The SMILES string of the molecule is O=C1Nc2cc(F)ccc2C1Nc1cccc(Cl)c1Cl. The van der Waals surface area contributed by atoms with Gasteiger partial charge in [-0.05, 0) is 24.3 Å². The smallest absolute Gasteiger partial charge is 0.251 e. The van der Waals surface area contributed by atoms with E-state index in [0.29, 0.717) is 27.0 Å². The summed E-state index contributed by atoms with van der Waals surface area (Å²) in [5.41, 5.74) is 1.69. The predicted octanol–water partition coefficient (Wildman–Crippen LogP) is 4.24. The topological polar surface area (TPSA) is 41.1 Å². The lowest BCUT2D eigenvalue weighted by molar-refractivity contribution is -0.116. The fraction of sp³-hybridized carbons (Fsp3) is 0.0714.